The first-order valence-corrected chi connectivity index (χ1v) is 7.81. The van der Waals surface area contributed by atoms with Crippen molar-refractivity contribution >= 4 is 15.8 Å². The molecule has 2 rings (SSSR count). The molecule has 0 unspecified atom stereocenters. The molecular weight excluding hydrogens is 294 g/mol. The first-order valence-electron chi connectivity index (χ1n) is 6.37. The fraction of sp³-hybridized carbons (Fsp3) is 0.357. The van der Waals surface area contributed by atoms with Crippen molar-refractivity contribution in [2.75, 3.05) is 13.7 Å². The van der Waals surface area contributed by atoms with Crippen LogP contribution in [0, 0.1) is 6.92 Å². The SMILES string of the molecule is COC[C@H]1C(=O)C=C[C@H](O)N1S(=O)(=O)c1ccc(C)cc1. The number of carbonyl (C=O) groups is 1. The Hall–Kier alpha value is -1.54. The van der Waals surface area contributed by atoms with Gasteiger partial charge in [0.05, 0.1) is 11.5 Å². The summed E-state index contributed by atoms with van der Waals surface area (Å²) in [5.74, 6) is -0.419. The van der Waals surface area contributed by atoms with Crippen LogP contribution in [0.5, 0.6) is 0 Å². The van der Waals surface area contributed by atoms with Gasteiger partial charge >= 0.3 is 0 Å². The summed E-state index contributed by atoms with van der Waals surface area (Å²) in [4.78, 5) is 11.9. The van der Waals surface area contributed by atoms with Gasteiger partial charge in [0.25, 0.3) is 0 Å². The van der Waals surface area contributed by atoms with Crippen molar-refractivity contribution in [1.29, 1.82) is 0 Å². The van der Waals surface area contributed by atoms with Crippen LogP contribution in [0.4, 0.5) is 0 Å². The van der Waals surface area contributed by atoms with Gasteiger partial charge < -0.3 is 9.84 Å². The lowest BCUT2D eigenvalue weighted by molar-refractivity contribution is -0.123. The van der Waals surface area contributed by atoms with Crippen molar-refractivity contribution in [3.8, 4) is 0 Å². The van der Waals surface area contributed by atoms with Crippen molar-refractivity contribution in [2.45, 2.75) is 24.1 Å². The van der Waals surface area contributed by atoms with E-state index in [1.807, 2.05) is 6.92 Å². The minimum atomic E-state index is -4.00. The minimum absolute atomic E-state index is 0.0244. The maximum Gasteiger partial charge on any atom is 0.246 e. The highest BCUT2D eigenvalue weighted by Gasteiger charge is 2.41. The second kappa shape index (κ2) is 6.07. The third kappa shape index (κ3) is 3.06. The van der Waals surface area contributed by atoms with Crippen molar-refractivity contribution in [1.82, 2.24) is 4.31 Å². The standard InChI is InChI=1S/C14H17NO5S/c1-10-3-5-11(6-4-10)21(18,19)15-12(9-20-2)13(16)7-8-14(15)17/h3-8,12,14,17H,9H2,1-2H3/t12-,14-/m0/s1. The van der Waals surface area contributed by atoms with Gasteiger partial charge in [-0.15, -0.1) is 0 Å². The Morgan fingerprint density at radius 3 is 2.48 bits per heavy atom. The van der Waals surface area contributed by atoms with E-state index in [2.05, 4.69) is 0 Å². The highest BCUT2D eigenvalue weighted by atomic mass is 32.2. The summed E-state index contributed by atoms with van der Waals surface area (Å²) in [7, 11) is -2.63. The average Bonchev–Trinajstić information content (AvgIpc) is 2.43. The summed E-state index contributed by atoms with van der Waals surface area (Å²) < 4.78 is 31.0. The number of aryl methyl sites for hydroxylation is 1. The Bertz CT molecular complexity index is 650. The molecule has 2 atom stereocenters. The molecule has 7 heteroatoms. The molecule has 6 nitrogen and oxygen atoms in total. The van der Waals surface area contributed by atoms with E-state index in [-0.39, 0.29) is 11.5 Å². The summed E-state index contributed by atoms with van der Waals surface area (Å²) >= 11 is 0. The van der Waals surface area contributed by atoms with Crippen LogP contribution in [-0.2, 0) is 19.6 Å². The first-order chi connectivity index (χ1) is 9.87. The van der Waals surface area contributed by atoms with Crippen LogP contribution < -0.4 is 0 Å². The Morgan fingerprint density at radius 1 is 1.29 bits per heavy atom. The summed E-state index contributed by atoms with van der Waals surface area (Å²) in [5.41, 5.74) is 0.914. The van der Waals surface area contributed by atoms with Crippen LogP contribution in [0.15, 0.2) is 41.3 Å². The maximum absolute atomic E-state index is 12.7. The highest BCUT2D eigenvalue weighted by molar-refractivity contribution is 7.89. The second-order valence-corrected chi connectivity index (χ2v) is 6.64. The van der Waals surface area contributed by atoms with E-state index >= 15 is 0 Å². The van der Waals surface area contributed by atoms with Crippen molar-refractivity contribution in [3.63, 3.8) is 0 Å². The van der Waals surface area contributed by atoms with Gasteiger partial charge in [-0.3, -0.25) is 4.79 Å². The van der Waals surface area contributed by atoms with Gasteiger partial charge in [0.1, 0.15) is 12.3 Å². The molecule has 0 aromatic heterocycles. The number of sulfonamides is 1. The van der Waals surface area contributed by atoms with Crippen molar-refractivity contribution < 1.29 is 23.1 Å². The fourth-order valence-electron chi connectivity index (χ4n) is 2.14. The number of methoxy groups -OCH3 is 1. The molecule has 0 bridgehead atoms. The zero-order valence-corrected chi connectivity index (χ0v) is 12.6. The van der Waals surface area contributed by atoms with E-state index in [9.17, 15) is 18.3 Å². The number of carbonyl (C=O) groups excluding carboxylic acids is 1. The van der Waals surface area contributed by atoms with E-state index in [4.69, 9.17) is 4.74 Å². The average molecular weight is 311 g/mol. The van der Waals surface area contributed by atoms with Crippen LogP contribution in [0.3, 0.4) is 0 Å². The zero-order valence-electron chi connectivity index (χ0n) is 11.8. The molecule has 0 amide bonds. The molecule has 114 valence electrons. The predicted molar refractivity (Wildman–Crippen MR) is 76.0 cm³/mol. The number of ketones is 1. The van der Waals surface area contributed by atoms with Crippen LogP contribution in [-0.4, -0.2) is 49.6 Å². The number of hydrogen-bond donors (Lipinski definition) is 1. The highest BCUT2D eigenvalue weighted by Crippen LogP contribution is 2.24. The molecule has 0 radical (unpaired) electrons. The molecule has 1 aliphatic heterocycles. The van der Waals surface area contributed by atoms with Crippen LogP contribution >= 0.6 is 0 Å². The van der Waals surface area contributed by atoms with Gasteiger partial charge in [0.2, 0.25) is 10.0 Å². The molecule has 1 aromatic carbocycles. The third-order valence-corrected chi connectivity index (χ3v) is 5.14. The van der Waals surface area contributed by atoms with Gasteiger partial charge in [-0.25, -0.2) is 8.42 Å². The molecular formula is C14H17NO5S. The lowest BCUT2D eigenvalue weighted by atomic mass is 10.1. The monoisotopic (exact) mass is 311 g/mol. The normalized spacial score (nSPS) is 23.5. The van der Waals surface area contributed by atoms with Gasteiger partial charge in [-0.05, 0) is 31.2 Å². The van der Waals surface area contributed by atoms with Gasteiger partial charge in [0, 0.05) is 7.11 Å². The Kier molecular flexibility index (Phi) is 4.58. The number of rotatable bonds is 4. The number of aliphatic hydroxyl groups excluding tert-OH is 1. The molecule has 0 aliphatic carbocycles. The van der Waals surface area contributed by atoms with Crippen LogP contribution in [0.25, 0.3) is 0 Å². The molecule has 0 saturated carbocycles. The van der Waals surface area contributed by atoms with Crippen LogP contribution in [0.1, 0.15) is 5.56 Å². The Morgan fingerprint density at radius 2 is 1.90 bits per heavy atom. The minimum Gasteiger partial charge on any atom is -0.383 e. The molecule has 0 saturated heterocycles. The van der Waals surface area contributed by atoms with Crippen molar-refractivity contribution in [3.05, 3.63) is 42.0 Å². The van der Waals surface area contributed by atoms with Gasteiger partial charge in [-0.1, -0.05) is 17.7 Å². The van der Waals surface area contributed by atoms with E-state index < -0.39 is 28.1 Å². The lowest BCUT2D eigenvalue weighted by Crippen LogP contribution is -2.53. The summed E-state index contributed by atoms with van der Waals surface area (Å²) in [6.07, 6.45) is 0.935. The van der Waals surface area contributed by atoms with E-state index in [1.165, 1.54) is 25.3 Å². The van der Waals surface area contributed by atoms with Crippen molar-refractivity contribution in [2.24, 2.45) is 0 Å². The maximum atomic E-state index is 12.7. The molecule has 0 fully saturated rings. The number of aliphatic hydroxyl groups is 1. The number of nitrogens with zero attached hydrogens (tertiary/aromatic N) is 1. The van der Waals surface area contributed by atoms with Gasteiger partial charge in [0.15, 0.2) is 5.78 Å². The number of ether oxygens (including phenoxy) is 1. The first kappa shape index (κ1) is 15.8. The molecule has 21 heavy (non-hydrogen) atoms. The number of benzene rings is 1. The Labute approximate surface area is 123 Å². The summed E-state index contributed by atoms with van der Waals surface area (Å²) in [6, 6.07) is 5.15. The summed E-state index contributed by atoms with van der Waals surface area (Å²) in [6.45, 7) is 1.72. The van der Waals surface area contributed by atoms with E-state index in [1.54, 1.807) is 12.1 Å². The molecule has 0 spiro atoms. The zero-order chi connectivity index (χ0) is 15.6. The van der Waals surface area contributed by atoms with Crippen LogP contribution in [0.2, 0.25) is 0 Å². The largest absolute Gasteiger partial charge is 0.383 e. The second-order valence-electron chi connectivity index (χ2n) is 4.79. The van der Waals surface area contributed by atoms with Gasteiger partial charge in [-0.2, -0.15) is 4.31 Å². The fourth-order valence-corrected chi connectivity index (χ4v) is 3.72. The predicted octanol–water partition coefficient (Wildman–Crippen LogP) is 0.458. The topological polar surface area (TPSA) is 83.9 Å². The summed E-state index contributed by atoms with van der Waals surface area (Å²) in [5, 5.41) is 9.99. The molecule has 1 N–H and O–H groups in total. The smallest absolute Gasteiger partial charge is 0.246 e. The lowest BCUT2D eigenvalue weighted by Gasteiger charge is -2.33. The van der Waals surface area contributed by atoms with E-state index in [0.29, 0.717) is 0 Å². The quantitative estimate of drug-likeness (QED) is 0.873. The van der Waals surface area contributed by atoms with E-state index in [0.717, 1.165) is 15.9 Å². The number of hydrogen-bond acceptors (Lipinski definition) is 5. The third-order valence-electron chi connectivity index (χ3n) is 3.25. The Balaban J connectivity index is 2.47. The molecule has 1 aliphatic rings. The molecule has 1 heterocycles. The molecule has 1 aromatic rings.